The van der Waals surface area contributed by atoms with Crippen LogP contribution in [0.3, 0.4) is 0 Å². The first-order chi connectivity index (χ1) is 15.4. The zero-order valence-corrected chi connectivity index (χ0v) is 20.5. The molecule has 1 aromatic heterocycles. The van der Waals surface area contributed by atoms with Gasteiger partial charge in [-0.3, -0.25) is 0 Å². The maximum absolute atomic E-state index is 14.2. The summed E-state index contributed by atoms with van der Waals surface area (Å²) in [6, 6.07) is 14.2. The average molecular weight is 468 g/mol. The van der Waals surface area contributed by atoms with Gasteiger partial charge in [0.1, 0.15) is 17.4 Å². The second kappa shape index (κ2) is 8.62. The molecule has 0 saturated carbocycles. The van der Waals surface area contributed by atoms with Gasteiger partial charge >= 0.3 is 0 Å². The lowest BCUT2D eigenvalue weighted by Crippen LogP contribution is -2.60. The highest BCUT2D eigenvalue weighted by Gasteiger charge is 2.37. The second-order valence-corrected chi connectivity index (χ2v) is 10.8. The largest absolute Gasteiger partial charge is 0.507 e. The highest BCUT2D eigenvalue weighted by molar-refractivity contribution is 6.30. The van der Waals surface area contributed by atoms with Crippen molar-refractivity contribution in [2.24, 2.45) is 0 Å². The summed E-state index contributed by atoms with van der Waals surface area (Å²) >= 11 is 5.91. The average Bonchev–Trinajstić information content (AvgIpc) is 2.69. The maximum Gasteiger partial charge on any atom is 0.142 e. The first-order valence-corrected chi connectivity index (χ1v) is 11.6. The van der Waals surface area contributed by atoms with Crippen molar-refractivity contribution in [1.29, 1.82) is 0 Å². The fraction of sp³-hybridized carbons (Fsp3) is 0.370. The molecule has 3 aromatic rings. The van der Waals surface area contributed by atoms with Gasteiger partial charge in [0.2, 0.25) is 0 Å². The molecule has 33 heavy (non-hydrogen) atoms. The van der Waals surface area contributed by atoms with Gasteiger partial charge in [-0.15, -0.1) is 0 Å². The summed E-state index contributed by atoms with van der Waals surface area (Å²) < 4.78 is 14.2. The fourth-order valence-corrected chi connectivity index (χ4v) is 5.19. The van der Waals surface area contributed by atoms with Crippen molar-refractivity contribution >= 4 is 17.4 Å². The summed E-state index contributed by atoms with van der Waals surface area (Å²) in [5.74, 6) is 0.377. The molecule has 1 fully saturated rings. The monoisotopic (exact) mass is 467 g/mol. The molecule has 0 spiro atoms. The summed E-state index contributed by atoms with van der Waals surface area (Å²) in [5.41, 5.74) is 3.73. The Morgan fingerprint density at radius 2 is 1.70 bits per heavy atom. The number of pyridine rings is 1. The molecule has 2 heterocycles. The summed E-state index contributed by atoms with van der Waals surface area (Å²) in [5, 5.41) is 17.9. The van der Waals surface area contributed by atoms with E-state index in [0.29, 0.717) is 22.6 Å². The maximum atomic E-state index is 14.2. The molecule has 6 heteroatoms. The highest BCUT2D eigenvalue weighted by atomic mass is 35.5. The Balaban J connectivity index is 1.79. The van der Waals surface area contributed by atoms with Gasteiger partial charge in [0, 0.05) is 22.7 Å². The highest BCUT2D eigenvalue weighted by Crippen LogP contribution is 2.36. The number of hydrogen-bond donors (Lipinski definition) is 3. The summed E-state index contributed by atoms with van der Waals surface area (Å²) in [7, 11) is 0. The number of aromatic hydroxyl groups is 1. The van der Waals surface area contributed by atoms with Crippen LogP contribution in [0.1, 0.15) is 46.1 Å². The number of aromatic nitrogens is 1. The zero-order valence-electron chi connectivity index (χ0n) is 19.8. The smallest absolute Gasteiger partial charge is 0.142 e. The summed E-state index contributed by atoms with van der Waals surface area (Å²) in [4.78, 5) is 4.85. The zero-order chi connectivity index (χ0) is 24.0. The molecule has 1 saturated heterocycles. The number of nitrogens with zero attached hydrogens (tertiary/aromatic N) is 1. The molecule has 0 aliphatic carbocycles. The molecular weight excluding hydrogens is 437 g/mol. The van der Waals surface area contributed by atoms with Crippen LogP contribution in [0.2, 0.25) is 5.02 Å². The predicted octanol–water partition coefficient (Wildman–Crippen LogP) is 6.94. The molecule has 2 aromatic carbocycles. The lowest BCUT2D eigenvalue weighted by Gasteiger charge is -2.46. The van der Waals surface area contributed by atoms with Gasteiger partial charge in [-0.25, -0.2) is 9.37 Å². The molecule has 4 nitrogen and oxygen atoms in total. The first kappa shape index (κ1) is 23.5. The van der Waals surface area contributed by atoms with Crippen LogP contribution in [0.4, 0.5) is 10.2 Å². The summed E-state index contributed by atoms with van der Waals surface area (Å²) in [6.45, 7) is 10.8. The Hall–Kier alpha value is -2.63. The molecule has 0 unspecified atom stereocenters. The number of phenols is 1. The van der Waals surface area contributed by atoms with Crippen molar-refractivity contribution in [2.45, 2.75) is 64.6 Å². The van der Waals surface area contributed by atoms with Crippen molar-refractivity contribution in [3.8, 4) is 28.1 Å². The van der Waals surface area contributed by atoms with E-state index in [1.807, 2.05) is 31.2 Å². The second-order valence-electron chi connectivity index (χ2n) is 10.4. The molecule has 4 rings (SSSR count). The van der Waals surface area contributed by atoms with E-state index in [1.54, 1.807) is 18.2 Å². The molecule has 0 bridgehead atoms. The number of aryl methyl sites for hydroxylation is 1. The van der Waals surface area contributed by atoms with Crippen LogP contribution in [0, 0.1) is 12.7 Å². The molecule has 0 radical (unpaired) electrons. The SMILES string of the molecule is Cc1ccc(O)c(-c2cc(-c3ccc(Cl)c(F)c3)cc(NC3CC(C)(C)NC(C)(C)C3)n2)c1. The topological polar surface area (TPSA) is 57.2 Å². The van der Waals surface area contributed by atoms with E-state index < -0.39 is 5.82 Å². The van der Waals surface area contributed by atoms with Crippen molar-refractivity contribution in [1.82, 2.24) is 10.3 Å². The lowest BCUT2D eigenvalue weighted by molar-refractivity contribution is 0.170. The third-order valence-electron chi connectivity index (χ3n) is 6.05. The first-order valence-electron chi connectivity index (χ1n) is 11.2. The van der Waals surface area contributed by atoms with Crippen LogP contribution >= 0.6 is 11.6 Å². The van der Waals surface area contributed by atoms with Crippen LogP contribution in [-0.2, 0) is 0 Å². The Morgan fingerprint density at radius 3 is 2.36 bits per heavy atom. The van der Waals surface area contributed by atoms with Crippen LogP contribution in [0.15, 0.2) is 48.5 Å². The van der Waals surface area contributed by atoms with E-state index >= 15 is 0 Å². The predicted molar refractivity (Wildman–Crippen MR) is 134 cm³/mol. The van der Waals surface area contributed by atoms with Crippen LogP contribution < -0.4 is 10.6 Å². The van der Waals surface area contributed by atoms with Gasteiger partial charge in [-0.05, 0) is 95.0 Å². The molecule has 174 valence electrons. The quantitative estimate of drug-likeness (QED) is 0.389. The van der Waals surface area contributed by atoms with Gasteiger partial charge in [-0.2, -0.15) is 0 Å². The Kier molecular flexibility index (Phi) is 6.14. The van der Waals surface area contributed by atoms with Crippen LogP contribution in [0.5, 0.6) is 5.75 Å². The van der Waals surface area contributed by atoms with Gasteiger partial charge in [0.05, 0.1) is 10.7 Å². The number of piperidine rings is 1. The molecule has 0 amide bonds. The standard InChI is InChI=1S/C27H31ClFN3O/c1-16-6-9-24(33)20(10-16)23-12-18(17-7-8-21(28)22(29)11-17)13-25(31-23)30-19-14-26(2,3)32-27(4,5)15-19/h6-13,19,32-33H,14-15H2,1-5H3,(H,30,31). The normalized spacial score (nSPS) is 17.7. The van der Waals surface area contributed by atoms with Gasteiger partial charge in [-0.1, -0.05) is 29.3 Å². The van der Waals surface area contributed by atoms with E-state index in [-0.39, 0.29) is 27.9 Å². The van der Waals surface area contributed by atoms with E-state index in [9.17, 15) is 9.50 Å². The minimum Gasteiger partial charge on any atom is -0.507 e. The third kappa shape index (κ3) is 5.48. The molecule has 1 aliphatic rings. The van der Waals surface area contributed by atoms with Crippen molar-refractivity contribution in [2.75, 3.05) is 5.32 Å². The van der Waals surface area contributed by atoms with Crippen LogP contribution in [-0.4, -0.2) is 27.2 Å². The van der Waals surface area contributed by atoms with E-state index in [0.717, 1.165) is 24.0 Å². The van der Waals surface area contributed by atoms with Crippen molar-refractivity contribution < 1.29 is 9.50 Å². The molecule has 0 atom stereocenters. The van der Waals surface area contributed by atoms with Crippen molar-refractivity contribution in [3.63, 3.8) is 0 Å². The minimum absolute atomic E-state index is 0.0199. The Bertz CT molecular complexity index is 1180. The Morgan fingerprint density at radius 1 is 1.00 bits per heavy atom. The van der Waals surface area contributed by atoms with Gasteiger partial charge in [0.15, 0.2) is 0 Å². The minimum atomic E-state index is -0.470. The van der Waals surface area contributed by atoms with Crippen molar-refractivity contribution in [3.05, 3.63) is 64.9 Å². The summed E-state index contributed by atoms with van der Waals surface area (Å²) in [6.07, 6.45) is 1.87. The number of rotatable bonds is 4. The fourth-order valence-electron chi connectivity index (χ4n) is 5.07. The number of phenolic OH excluding ortho intramolecular Hbond substituents is 1. The number of nitrogens with one attached hydrogen (secondary N) is 2. The number of halogens is 2. The molecule has 1 aliphatic heterocycles. The van der Waals surface area contributed by atoms with Gasteiger partial charge in [0.25, 0.3) is 0 Å². The number of hydrogen-bond acceptors (Lipinski definition) is 4. The Labute approximate surface area is 200 Å². The van der Waals surface area contributed by atoms with Gasteiger partial charge < -0.3 is 15.7 Å². The van der Waals surface area contributed by atoms with E-state index in [2.05, 4.69) is 38.3 Å². The molecular formula is C27H31ClFN3O. The number of benzene rings is 2. The number of anilines is 1. The lowest BCUT2D eigenvalue weighted by atomic mass is 9.79. The van der Waals surface area contributed by atoms with E-state index in [1.165, 1.54) is 6.07 Å². The third-order valence-corrected chi connectivity index (χ3v) is 6.36. The van der Waals surface area contributed by atoms with Crippen LogP contribution in [0.25, 0.3) is 22.4 Å². The molecule has 3 N–H and O–H groups in total. The van der Waals surface area contributed by atoms with E-state index in [4.69, 9.17) is 16.6 Å².